The van der Waals surface area contributed by atoms with Crippen molar-refractivity contribution in [3.63, 3.8) is 0 Å². The fourth-order valence-corrected chi connectivity index (χ4v) is 1.76. The predicted octanol–water partition coefficient (Wildman–Crippen LogP) is 1.65. The SMILES string of the molecule is CCOC(=O)CCCNC(=O)c1c(C)cccc1N. The van der Waals surface area contributed by atoms with Crippen LogP contribution in [-0.4, -0.2) is 25.0 Å². The minimum atomic E-state index is -0.243. The zero-order valence-corrected chi connectivity index (χ0v) is 11.4. The first-order valence-corrected chi connectivity index (χ1v) is 6.35. The van der Waals surface area contributed by atoms with E-state index >= 15 is 0 Å². The first-order chi connectivity index (χ1) is 9.06. The molecule has 0 aromatic heterocycles. The summed E-state index contributed by atoms with van der Waals surface area (Å²) < 4.78 is 4.80. The van der Waals surface area contributed by atoms with Crippen LogP contribution in [0.2, 0.25) is 0 Å². The van der Waals surface area contributed by atoms with Crippen molar-refractivity contribution < 1.29 is 14.3 Å². The number of esters is 1. The molecule has 19 heavy (non-hydrogen) atoms. The van der Waals surface area contributed by atoms with Gasteiger partial charge in [-0.05, 0) is 31.9 Å². The number of anilines is 1. The van der Waals surface area contributed by atoms with Crippen molar-refractivity contribution in [2.45, 2.75) is 26.7 Å². The van der Waals surface area contributed by atoms with Crippen LogP contribution >= 0.6 is 0 Å². The molecular formula is C14H20N2O3. The Balaban J connectivity index is 2.42. The lowest BCUT2D eigenvalue weighted by Gasteiger charge is -2.09. The highest BCUT2D eigenvalue weighted by molar-refractivity contribution is 6.00. The Kier molecular flexibility index (Phi) is 5.85. The molecule has 0 radical (unpaired) electrons. The van der Waals surface area contributed by atoms with E-state index in [0.29, 0.717) is 37.2 Å². The van der Waals surface area contributed by atoms with E-state index in [-0.39, 0.29) is 11.9 Å². The third kappa shape index (κ3) is 4.62. The maximum absolute atomic E-state index is 11.9. The van der Waals surface area contributed by atoms with Gasteiger partial charge in [0.1, 0.15) is 0 Å². The number of ether oxygens (including phenoxy) is 1. The molecule has 0 heterocycles. The number of rotatable bonds is 6. The highest BCUT2D eigenvalue weighted by Crippen LogP contribution is 2.15. The first kappa shape index (κ1) is 15.0. The molecule has 1 rings (SSSR count). The molecule has 0 spiro atoms. The van der Waals surface area contributed by atoms with Gasteiger partial charge in [-0.15, -0.1) is 0 Å². The number of nitrogen functional groups attached to an aromatic ring is 1. The van der Waals surface area contributed by atoms with Crippen molar-refractivity contribution in [3.05, 3.63) is 29.3 Å². The van der Waals surface area contributed by atoms with Crippen LogP contribution in [0.4, 0.5) is 5.69 Å². The number of carbonyl (C=O) groups is 2. The standard InChI is InChI=1S/C14H20N2O3/c1-3-19-12(17)8-5-9-16-14(18)13-10(2)6-4-7-11(13)15/h4,6-7H,3,5,8-9,15H2,1-2H3,(H,16,18). The largest absolute Gasteiger partial charge is 0.466 e. The molecule has 0 aliphatic rings. The summed E-state index contributed by atoms with van der Waals surface area (Å²) in [7, 11) is 0. The molecular weight excluding hydrogens is 244 g/mol. The second-order valence-electron chi connectivity index (χ2n) is 4.20. The van der Waals surface area contributed by atoms with Crippen LogP contribution in [-0.2, 0) is 9.53 Å². The molecule has 0 saturated carbocycles. The zero-order valence-electron chi connectivity index (χ0n) is 11.4. The molecule has 5 heteroatoms. The van der Waals surface area contributed by atoms with Gasteiger partial charge in [-0.1, -0.05) is 12.1 Å². The van der Waals surface area contributed by atoms with Gasteiger partial charge >= 0.3 is 5.97 Å². The van der Waals surface area contributed by atoms with E-state index in [1.165, 1.54) is 0 Å². The molecule has 104 valence electrons. The second-order valence-corrected chi connectivity index (χ2v) is 4.20. The van der Waals surface area contributed by atoms with Gasteiger partial charge in [-0.2, -0.15) is 0 Å². The van der Waals surface area contributed by atoms with E-state index in [4.69, 9.17) is 10.5 Å². The highest BCUT2D eigenvalue weighted by atomic mass is 16.5. The van der Waals surface area contributed by atoms with Crippen molar-refractivity contribution >= 4 is 17.6 Å². The number of benzene rings is 1. The molecule has 0 bridgehead atoms. The third-order valence-electron chi connectivity index (χ3n) is 2.68. The Morgan fingerprint density at radius 1 is 1.37 bits per heavy atom. The Hall–Kier alpha value is -2.04. The summed E-state index contributed by atoms with van der Waals surface area (Å²) in [5.74, 6) is -0.452. The number of amides is 1. The lowest BCUT2D eigenvalue weighted by atomic mass is 10.1. The summed E-state index contributed by atoms with van der Waals surface area (Å²) in [6.07, 6.45) is 0.855. The van der Waals surface area contributed by atoms with Gasteiger partial charge in [0.25, 0.3) is 5.91 Å². The monoisotopic (exact) mass is 264 g/mol. The van der Waals surface area contributed by atoms with Crippen molar-refractivity contribution in [2.75, 3.05) is 18.9 Å². The molecule has 5 nitrogen and oxygen atoms in total. The summed E-state index contributed by atoms with van der Waals surface area (Å²) in [5.41, 5.74) is 7.58. The van der Waals surface area contributed by atoms with Crippen LogP contribution in [0.5, 0.6) is 0 Å². The third-order valence-corrected chi connectivity index (χ3v) is 2.68. The molecule has 1 aromatic rings. The van der Waals surface area contributed by atoms with Crippen molar-refractivity contribution in [1.29, 1.82) is 0 Å². The average Bonchev–Trinajstić information content (AvgIpc) is 2.35. The van der Waals surface area contributed by atoms with E-state index in [0.717, 1.165) is 5.56 Å². The topological polar surface area (TPSA) is 81.4 Å². The Labute approximate surface area is 113 Å². The fourth-order valence-electron chi connectivity index (χ4n) is 1.76. The van der Waals surface area contributed by atoms with E-state index in [1.54, 1.807) is 13.0 Å². The molecule has 0 aliphatic carbocycles. The van der Waals surface area contributed by atoms with E-state index in [1.807, 2.05) is 19.1 Å². The normalized spacial score (nSPS) is 10.0. The minimum absolute atomic E-state index is 0.209. The summed E-state index contributed by atoms with van der Waals surface area (Å²) in [6, 6.07) is 5.34. The van der Waals surface area contributed by atoms with E-state index in [2.05, 4.69) is 5.32 Å². The van der Waals surface area contributed by atoms with Gasteiger partial charge in [0.15, 0.2) is 0 Å². The average molecular weight is 264 g/mol. The highest BCUT2D eigenvalue weighted by Gasteiger charge is 2.11. The Bertz CT molecular complexity index is 438. The van der Waals surface area contributed by atoms with E-state index in [9.17, 15) is 9.59 Å². The van der Waals surface area contributed by atoms with Crippen LogP contribution in [0.3, 0.4) is 0 Å². The molecule has 1 amide bonds. The van der Waals surface area contributed by atoms with Crippen molar-refractivity contribution in [1.82, 2.24) is 5.32 Å². The van der Waals surface area contributed by atoms with Crippen LogP contribution in [0.25, 0.3) is 0 Å². The lowest BCUT2D eigenvalue weighted by Crippen LogP contribution is -2.26. The van der Waals surface area contributed by atoms with Crippen molar-refractivity contribution in [2.24, 2.45) is 0 Å². The molecule has 0 unspecified atom stereocenters. The van der Waals surface area contributed by atoms with Crippen molar-refractivity contribution in [3.8, 4) is 0 Å². The number of nitrogens with two attached hydrogens (primary N) is 1. The lowest BCUT2D eigenvalue weighted by molar-refractivity contribution is -0.143. The molecule has 0 aliphatic heterocycles. The summed E-state index contributed by atoms with van der Waals surface area (Å²) in [6.45, 7) is 4.40. The van der Waals surface area contributed by atoms with Gasteiger partial charge in [0, 0.05) is 18.7 Å². The molecule has 1 aromatic carbocycles. The molecule has 0 saturated heterocycles. The minimum Gasteiger partial charge on any atom is -0.466 e. The molecule has 3 N–H and O–H groups in total. The van der Waals surface area contributed by atoms with Crippen LogP contribution in [0.1, 0.15) is 35.7 Å². The summed E-state index contributed by atoms with van der Waals surface area (Å²) >= 11 is 0. The summed E-state index contributed by atoms with van der Waals surface area (Å²) in [5, 5.41) is 2.75. The number of aryl methyl sites for hydroxylation is 1. The van der Waals surface area contributed by atoms with Crippen LogP contribution in [0, 0.1) is 6.92 Å². The van der Waals surface area contributed by atoms with Gasteiger partial charge in [-0.3, -0.25) is 9.59 Å². The van der Waals surface area contributed by atoms with Gasteiger partial charge in [0.05, 0.1) is 12.2 Å². The van der Waals surface area contributed by atoms with Crippen LogP contribution < -0.4 is 11.1 Å². The Morgan fingerprint density at radius 3 is 2.74 bits per heavy atom. The fraction of sp³-hybridized carbons (Fsp3) is 0.429. The molecule has 0 fully saturated rings. The smallest absolute Gasteiger partial charge is 0.305 e. The number of hydrogen-bond acceptors (Lipinski definition) is 4. The predicted molar refractivity (Wildman–Crippen MR) is 73.8 cm³/mol. The second kappa shape index (κ2) is 7.41. The maximum atomic E-state index is 11.9. The van der Waals surface area contributed by atoms with Gasteiger partial charge in [0.2, 0.25) is 0 Å². The molecule has 0 atom stereocenters. The van der Waals surface area contributed by atoms with E-state index < -0.39 is 0 Å². The Morgan fingerprint density at radius 2 is 2.11 bits per heavy atom. The van der Waals surface area contributed by atoms with Gasteiger partial charge in [-0.25, -0.2) is 0 Å². The number of carbonyl (C=O) groups excluding carboxylic acids is 2. The summed E-state index contributed by atoms with van der Waals surface area (Å²) in [4.78, 5) is 23.1. The maximum Gasteiger partial charge on any atom is 0.305 e. The first-order valence-electron chi connectivity index (χ1n) is 6.35. The number of nitrogens with one attached hydrogen (secondary N) is 1. The quantitative estimate of drug-likeness (QED) is 0.465. The zero-order chi connectivity index (χ0) is 14.3. The number of hydrogen-bond donors (Lipinski definition) is 2. The van der Waals surface area contributed by atoms with Gasteiger partial charge < -0.3 is 15.8 Å². The van der Waals surface area contributed by atoms with Crippen LogP contribution in [0.15, 0.2) is 18.2 Å².